The molecule has 0 aromatic carbocycles. The Morgan fingerprint density at radius 2 is 1.73 bits per heavy atom. The Morgan fingerprint density at radius 1 is 1.06 bits per heavy atom. The summed E-state index contributed by atoms with van der Waals surface area (Å²) in [6.45, 7) is 6.76. The molecule has 0 unspecified atom stereocenters. The molecule has 33 heavy (non-hydrogen) atoms. The molecule has 0 radical (unpaired) electrons. The van der Waals surface area contributed by atoms with Crippen molar-refractivity contribution < 1.29 is 14.3 Å². The minimum absolute atomic E-state index is 0.00223. The van der Waals surface area contributed by atoms with Gasteiger partial charge in [0, 0.05) is 43.4 Å². The molecule has 0 bridgehead atoms. The number of carbonyl (C=O) groups excluding carboxylic acids is 1. The van der Waals surface area contributed by atoms with Crippen molar-refractivity contribution >= 4 is 17.3 Å². The standard InChI is InChI=1S/C23H28N6O4/c1-23(2,3)33-22(31)28-11-5-15(6-12-28)16-13-17-19(26-9-7-24-17)29(21(16)30)14-18-20(32-4)27-10-8-25-18/h7-10,13,15H,5-6,11-12,14H2,1-4H3. The van der Waals surface area contributed by atoms with Gasteiger partial charge in [-0.1, -0.05) is 0 Å². The molecule has 10 nitrogen and oxygen atoms in total. The maximum atomic E-state index is 13.6. The highest BCUT2D eigenvalue weighted by Crippen LogP contribution is 2.28. The Hall–Kier alpha value is -3.56. The molecule has 1 aliphatic heterocycles. The van der Waals surface area contributed by atoms with E-state index in [1.54, 1.807) is 28.1 Å². The number of aromatic nitrogens is 5. The van der Waals surface area contributed by atoms with Crippen LogP contribution in [0.3, 0.4) is 0 Å². The predicted octanol–water partition coefficient (Wildman–Crippen LogP) is 2.75. The molecule has 1 amide bonds. The second kappa shape index (κ2) is 9.13. The fraction of sp³-hybridized carbons (Fsp3) is 0.478. The molecule has 1 fully saturated rings. The largest absolute Gasteiger partial charge is 0.480 e. The van der Waals surface area contributed by atoms with Crippen LogP contribution in [0.4, 0.5) is 4.79 Å². The topological polar surface area (TPSA) is 112 Å². The normalized spacial score (nSPS) is 15.0. The van der Waals surface area contributed by atoms with Crippen molar-refractivity contribution in [3.05, 3.63) is 52.5 Å². The van der Waals surface area contributed by atoms with Gasteiger partial charge >= 0.3 is 6.09 Å². The second-order valence-corrected chi connectivity index (χ2v) is 9.01. The first-order valence-electron chi connectivity index (χ1n) is 10.9. The first kappa shape index (κ1) is 22.6. The van der Waals surface area contributed by atoms with Gasteiger partial charge in [-0.3, -0.25) is 19.3 Å². The van der Waals surface area contributed by atoms with Crippen LogP contribution in [-0.2, 0) is 11.3 Å². The first-order chi connectivity index (χ1) is 15.8. The highest BCUT2D eigenvalue weighted by molar-refractivity contribution is 5.71. The number of pyridine rings is 1. The van der Waals surface area contributed by atoms with Crippen molar-refractivity contribution in [3.63, 3.8) is 0 Å². The second-order valence-electron chi connectivity index (χ2n) is 9.01. The van der Waals surface area contributed by atoms with Gasteiger partial charge in [0.1, 0.15) is 16.8 Å². The van der Waals surface area contributed by atoms with Gasteiger partial charge in [-0.05, 0) is 45.6 Å². The zero-order chi connectivity index (χ0) is 23.6. The van der Waals surface area contributed by atoms with Gasteiger partial charge in [0.2, 0.25) is 5.88 Å². The molecule has 0 aliphatic carbocycles. The van der Waals surface area contributed by atoms with Crippen LogP contribution in [0.1, 0.15) is 50.8 Å². The fourth-order valence-electron chi connectivity index (χ4n) is 4.03. The highest BCUT2D eigenvalue weighted by Gasteiger charge is 2.29. The van der Waals surface area contributed by atoms with E-state index in [0.29, 0.717) is 54.2 Å². The number of piperidine rings is 1. The van der Waals surface area contributed by atoms with Crippen molar-refractivity contribution in [2.75, 3.05) is 20.2 Å². The van der Waals surface area contributed by atoms with Gasteiger partial charge in [-0.15, -0.1) is 0 Å². The van der Waals surface area contributed by atoms with Crippen LogP contribution >= 0.6 is 0 Å². The number of fused-ring (bicyclic) bond motifs is 1. The summed E-state index contributed by atoms with van der Waals surface area (Å²) in [6.07, 6.45) is 7.27. The van der Waals surface area contributed by atoms with Gasteiger partial charge in [-0.25, -0.2) is 14.8 Å². The van der Waals surface area contributed by atoms with Crippen molar-refractivity contribution in [3.8, 4) is 5.88 Å². The molecule has 3 aromatic rings. The lowest BCUT2D eigenvalue weighted by Crippen LogP contribution is -2.42. The van der Waals surface area contributed by atoms with Crippen LogP contribution in [-0.4, -0.2) is 61.3 Å². The molecule has 174 valence electrons. The van der Waals surface area contributed by atoms with Gasteiger partial charge < -0.3 is 14.4 Å². The van der Waals surface area contributed by atoms with E-state index >= 15 is 0 Å². The third kappa shape index (κ3) is 4.94. The number of hydrogen-bond acceptors (Lipinski definition) is 8. The summed E-state index contributed by atoms with van der Waals surface area (Å²) in [4.78, 5) is 45.0. The molecule has 0 N–H and O–H groups in total. The van der Waals surface area contributed by atoms with Crippen LogP contribution in [0, 0.1) is 0 Å². The lowest BCUT2D eigenvalue weighted by atomic mass is 9.90. The Kier molecular flexibility index (Phi) is 6.26. The predicted molar refractivity (Wildman–Crippen MR) is 121 cm³/mol. The Balaban J connectivity index is 1.64. The quantitative estimate of drug-likeness (QED) is 0.594. The Morgan fingerprint density at radius 3 is 2.42 bits per heavy atom. The summed E-state index contributed by atoms with van der Waals surface area (Å²) < 4.78 is 12.4. The molecule has 0 spiro atoms. The maximum Gasteiger partial charge on any atom is 0.410 e. The number of hydrogen-bond donors (Lipinski definition) is 0. The molecule has 10 heteroatoms. The van der Waals surface area contributed by atoms with E-state index in [4.69, 9.17) is 9.47 Å². The number of amides is 1. The van der Waals surface area contributed by atoms with E-state index < -0.39 is 5.60 Å². The number of likely N-dealkylation sites (tertiary alicyclic amines) is 1. The fourth-order valence-corrected chi connectivity index (χ4v) is 4.03. The number of nitrogens with zero attached hydrogens (tertiary/aromatic N) is 6. The molecule has 0 atom stereocenters. The lowest BCUT2D eigenvalue weighted by molar-refractivity contribution is 0.0204. The summed E-state index contributed by atoms with van der Waals surface area (Å²) in [7, 11) is 1.52. The van der Waals surface area contributed by atoms with Crippen molar-refractivity contribution in [1.82, 2.24) is 29.4 Å². The van der Waals surface area contributed by atoms with Crippen LogP contribution in [0.25, 0.3) is 11.2 Å². The van der Waals surface area contributed by atoms with Gasteiger partial charge in [0.15, 0.2) is 5.65 Å². The number of carbonyl (C=O) groups is 1. The zero-order valence-corrected chi connectivity index (χ0v) is 19.3. The Labute approximate surface area is 191 Å². The third-order valence-electron chi connectivity index (χ3n) is 5.57. The van der Waals surface area contributed by atoms with Crippen LogP contribution < -0.4 is 10.3 Å². The van der Waals surface area contributed by atoms with E-state index in [1.807, 2.05) is 26.8 Å². The number of ether oxygens (including phenoxy) is 2. The SMILES string of the molecule is COc1nccnc1Cn1c(=O)c(C2CCN(C(=O)OC(C)(C)C)CC2)cc2nccnc21. The smallest absolute Gasteiger partial charge is 0.410 e. The molecule has 3 aromatic heterocycles. The van der Waals surface area contributed by atoms with Crippen LogP contribution in [0.2, 0.25) is 0 Å². The van der Waals surface area contributed by atoms with Crippen LogP contribution in [0.5, 0.6) is 5.88 Å². The van der Waals surface area contributed by atoms with E-state index in [-0.39, 0.29) is 24.1 Å². The number of rotatable bonds is 4. The average Bonchev–Trinajstić information content (AvgIpc) is 2.80. The van der Waals surface area contributed by atoms with E-state index in [0.717, 1.165) is 0 Å². The summed E-state index contributed by atoms with van der Waals surface area (Å²) in [6, 6.07) is 1.82. The highest BCUT2D eigenvalue weighted by atomic mass is 16.6. The van der Waals surface area contributed by atoms with E-state index in [9.17, 15) is 9.59 Å². The average molecular weight is 453 g/mol. The monoisotopic (exact) mass is 452 g/mol. The van der Waals surface area contributed by atoms with Gasteiger partial charge in [-0.2, -0.15) is 0 Å². The van der Waals surface area contributed by atoms with Crippen molar-refractivity contribution in [2.45, 2.75) is 51.7 Å². The summed E-state index contributed by atoms with van der Waals surface area (Å²) in [5.41, 5.74) is 1.61. The summed E-state index contributed by atoms with van der Waals surface area (Å²) in [5.74, 6) is 0.357. The van der Waals surface area contributed by atoms with Crippen molar-refractivity contribution in [1.29, 1.82) is 0 Å². The zero-order valence-electron chi connectivity index (χ0n) is 19.3. The van der Waals surface area contributed by atoms with Crippen LogP contribution in [0.15, 0.2) is 35.6 Å². The minimum atomic E-state index is -0.542. The Bertz CT molecular complexity index is 1210. The lowest BCUT2D eigenvalue weighted by Gasteiger charge is -2.33. The third-order valence-corrected chi connectivity index (χ3v) is 5.57. The maximum absolute atomic E-state index is 13.6. The summed E-state index contributed by atoms with van der Waals surface area (Å²) in [5, 5.41) is 0. The first-order valence-corrected chi connectivity index (χ1v) is 10.9. The van der Waals surface area contributed by atoms with Gasteiger partial charge in [0.05, 0.1) is 13.7 Å². The summed E-state index contributed by atoms with van der Waals surface area (Å²) >= 11 is 0. The molecular weight excluding hydrogens is 424 g/mol. The molecule has 1 saturated heterocycles. The molecule has 4 rings (SSSR count). The molecule has 4 heterocycles. The van der Waals surface area contributed by atoms with E-state index in [2.05, 4.69) is 19.9 Å². The van der Waals surface area contributed by atoms with Gasteiger partial charge in [0.25, 0.3) is 5.56 Å². The molecular formula is C23H28N6O4. The number of methoxy groups -OCH3 is 1. The van der Waals surface area contributed by atoms with Crippen molar-refractivity contribution in [2.24, 2.45) is 0 Å². The molecule has 0 saturated carbocycles. The minimum Gasteiger partial charge on any atom is -0.480 e. The van der Waals surface area contributed by atoms with E-state index in [1.165, 1.54) is 13.3 Å². The molecule has 1 aliphatic rings.